The lowest BCUT2D eigenvalue weighted by molar-refractivity contribution is 0.0696. The molecule has 2 heterocycles. The Morgan fingerprint density at radius 3 is 2.74 bits per heavy atom. The molecule has 19 heavy (non-hydrogen) atoms. The zero-order valence-electron chi connectivity index (χ0n) is 10.9. The van der Waals surface area contributed by atoms with Crippen molar-refractivity contribution in [2.45, 2.75) is 26.4 Å². The summed E-state index contributed by atoms with van der Waals surface area (Å²) < 4.78 is 0. The van der Waals surface area contributed by atoms with E-state index in [0.717, 1.165) is 5.69 Å². The molecule has 0 bridgehead atoms. The fourth-order valence-corrected chi connectivity index (χ4v) is 2.60. The highest BCUT2D eigenvalue weighted by molar-refractivity contribution is 7.12. The second-order valence-corrected chi connectivity index (χ2v) is 5.71. The molecule has 0 amide bonds. The Morgan fingerprint density at radius 1 is 1.42 bits per heavy atom. The Morgan fingerprint density at radius 2 is 2.21 bits per heavy atom. The fraction of sp³-hybridized carbons (Fsp3) is 0.286. The topological polar surface area (TPSA) is 62.2 Å². The van der Waals surface area contributed by atoms with Crippen LogP contribution in [0.4, 0.5) is 0 Å². The zero-order valence-corrected chi connectivity index (χ0v) is 11.7. The lowest BCUT2D eigenvalue weighted by atomic mass is 10.2. The van der Waals surface area contributed by atoms with Gasteiger partial charge in [0.2, 0.25) is 0 Å². The van der Waals surface area contributed by atoms with Crippen LogP contribution in [0.5, 0.6) is 0 Å². The van der Waals surface area contributed by atoms with Gasteiger partial charge in [-0.25, -0.2) is 4.79 Å². The molecule has 1 atom stereocenters. The van der Waals surface area contributed by atoms with Gasteiger partial charge in [-0.05, 0) is 38.1 Å². The highest BCUT2D eigenvalue weighted by atomic mass is 32.1. The molecular weight excluding hydrogens is 260 g/mol. The van der Waals surface area contributed by atoms with Crippen molar-refractivity contribution in [2.24, 2.45) is 0 Å². The van der Waals surface area contributed by atoms with Gasteiger partial charge in [-0.3, -0.25) is 4.98 Å². The normalized spacial score (nSPS) is 12.3. The van der Waals surface area contributed by atoms with Crippen molar-refractivity contribution in [2.75, 3.05) is 0 Å². The summed E-state index contributed by atoms with van der Waals surface area (Å²) in [5.74, 6) is -0.950. The molecule has 2 aromatic rings. The summed E-state index contributed by atoms with van der Waals surface area (Å²) in [4.78, 5) is 17.4. The van der Waals surface area contributed by atoms with E-state index >= 15 is 0 Å². The van der Waals surface area contributed by atoms with Crippen molar-refractivity contribution >= 4 is 17.3 Å². The standard InChI is InChI=1S/C14H16N2O2S/c1-9-3-6-13(19-9)10(2)15-8-12-5-4-11(7-16-12)14(17)18/h3-7,10,15H,8H2,1-2H3,(H,17,18). The van der Waals surface area contributed by atoms with Crippen molar-refractivity contribution in [1.82, 2.24) is 10.3 Å². The van der Waals surface area contributed by atoms with E-state index < -0.39 is 5.97 Å². The lowest BCUT2D eigenvalue weighted by Crippen LogP contribution is -2.18. The summed E-state index contributed by atoms with van der Waals surface area (Å²) in [5, 5.41) is 12.2. The molecule has 2 aromatic heterocycles. The summed E-state index contributed by atoms with van der Waals surface area (Å²) in [5.41, 5.74) is 1.05. The molecule has 0 fully saturated rings. The SMILES string of the molecule is Cc1ccc(C(C)NCc2ccc(C(=O)O)cn2)s1. The summed E-state index contributed by atoms with van der Waals surface area (Å²) >= 11 is 1.78. The van der Waals surface area contributed by atoms with E-state index in [9.17, 15) is 4.79 Å². The molecule has 1 unspecified atom stereocenters. The van der Waals surface area contributed by atoms with Crippen molar-refractivity contribution in [3.05, 3.63) is 51.5 Å². The maximum atomic E-state index is 10.7. The lowest BCUT2D eigenvalue weighted by Gasteiger charge is -2.11. The predicted octanol–water partition coefficient (Wildman–Crippen LogP) is 3.00. The van der Waals surface area contributed by atoms with E-state index in [4.69, 9.17) is 5.11 Å². The van der Waals surface area contributed by atoms with Gasteiger partial charge < -0.3 is 10.4 Å². The van der Waals surface area contributed by atoms with Crippen LogP contribution in [0.15, 0.2) is 30.5 Å². The van der Waals surface area contributed by atoms with Gasteiger partial charge >= 0.3 is 5.97 Å². The molecular formula is C14H16N2O2S. The number of carboxylic acid groups (broad SMARTS) is 1. The molecule has 0 saturated heterocycles. The molecule has 0 spiro atoms. The molecule has 2 N–H and O–H groups in total. The van der Waals surface area contributed by atoms with Crippen molar-refractivity contribution < 1.29 is 9.90 Å². The van der Waals surface area contributed by atoms with Gasteiger partial charge in [0, 0.05) is 28.5 Å². The maximum absolute atomic E-state index is 10.7. The molecule has 0 aliphatic rings. The summed E-state index contributed by atoms with van der Waals surface area (Å²) in [6, 6.07) is 7.81. The Bertz CT molecular complexity index is 563. The quantitative estimate of drug-likeness (QED) is 0.881. The van der Waals surface area contributed by atoms with E-state index in [2.05, 4.69) is 36.3 Å². The number of aromatic nitrogens is 1. The Balaban J connectivity index is 1.93. The predicted molar refractivity (Wildman–Crippen MR) is 75.5 cm³/mol. The minimum atomic E-state index is -0.950. The Hall–Kier alpha value is -1.72. The average Bonchev–Trinajstić information content (AvgIpc) is 2.83. The third kappa shape index (κ3) is 3.62. The highest BCUT2D eigenvalue weighted by Crippen LogP contribution is 2.22. The van der Waals surface area contributed by atoms with E-state index in [1.807, 2.05) is 0 Å². The van der Waals surface area contributed by atoms with E-state index in [-0.39, 0.29) is 11.6 Å². The van der Waals surface area contributed by atoms with Crippen LogP contribution in [0.2, 0.25) is 0 Å². The molecule has 0 aliphatic carbocycles. The van der Waals surface area contributed by atoms with Gasteiger partial charge in [0.15, 0.2) is 0 Å². The van der Waals surface area contributed by atoms with Crippen LogP contribution >= 0.6 is 11.3 Å². The largest absolute Gasteiger partial charge is 0.478 e. The number of aryl methyl sites for hydroxylation is 1. The number of pyridine rings is 1. The molecule has 0 radical (unpaired) electrons. The number of hydrogen-bond donors (Lipinski definition) is 2. The third-order valence-corrected chi connectivity index (χ3v) is 4.03. The van der Waals surface area contributed by atoms with Crippen LogP contribution < -0.4 is 5.32 Å². The fourth-order valence-electron chi connectivity index (χ4n) is 1.70. The van der Waals surface area contributed by atoms with E-state index in [0.29, 0.717) is 6.54 Å². The van der Waals surface area contributed by atoms with Gasteiger partial charge in [-0.2, -0.15) is 0 Å². The first-order chi connectivity index (χ1) is 9.06. The summed E-state index contributed by atoms with van der Waals surface area (Å²) in [6.07, 6.45) is 1.39. The van der Waals surface area contributed by atoms with Crippen molar-refractivity contribution in [1.29, 1.82) is 0 Å². The van der Waals surface area contributed by atoms with Crippen LogP contribution in [0.1, 0.15) is 38.8 Å². The molecule has 0 aliphatic heterocycles. The van der Waals surface area contributed by atoms with Gasteiger partial charge in [-0.1, -0.05) is 0 Å². The average molecular weight is 276 g/mol. The van der Waals surface area contributed by atoms with Gasteiger partial charge in [0.1, 0.15) is 0 Å². The number of thiophene rings is 1. The van der Waals surface area contributed by atoms with Crippen molar-refractivity contribution in [3.63, 3.8) is 0 Å². The first-order valence-corrected chi connectivity index (χ1v) is 6.86. The molecule has 0 saturated carbocycles. The zero-order chi connectivity index (χ0) is 13.8. The number of carboxylic acids is 1. The number of hydrogen-bond acceptors (Lipinski definition) is 4. The van der Waals surface area contributed by atoms with E-state index in [1.54, 1.807) is 23.5 Å². The first-order valence-electron chi connectivity index (χ1n) is 6.04. The molecule has 100 valence electrons. The number of nitrogens with zero attached hydrogens (tertiary/aromatic N) is 1. The van der Waals surface area contributed by atoms with Crippen LogP contribution in [0.3, 0.4) is 0 Å². The minimum Gasteiger partial charge on any atom is -0.478 e. The third-order valence-electron chi connectivity index (χ3n) is 2.85. The van der Waals surface area contributed by atoms with Crippen LogP contribution in [0, 0.1) is 6.92 Å². The Kier molecular flexibility index (Phi) is 4.29. The molecule has 5 heteroatoms. The van der Waals surface area contributed by atoms with Crippen LogP contribution in [0.25, 0.3) is 0 Å². The van der Waals surface area contributed by atoms with Crippen LogP contribution in [-0.4, -0.2) is 16.1 Å². The second-order valence-electron chi connectivity index (χ2n) is 4.39. The summed E-state index contributed by atoms with van der Waals surface area (Å²) in [6.45, 7) is 4.82. The minimum absolute atomic E-state index is 0.214. The number of aromatic carboxylic acids is 1. The van der Waals surface area contributed by atoms with Crippen molar-refractivity contribution in [3.8, 4) is 0 Å². The first kappa shape index (κ1) is 13.7. The second kappa shape index (κ2) is 5.95. The number of carbonyl (C=O) groups is 1. The molecule has 0 aromatic carbocycles. The van der Waals surface area contributed by atoms with Gasteiger partial charge in [0.05, 0.1) is 11.3 Å². The monoisotopic (exact) mass is 276 g/mol. The number of nitrogens with one attached hydrogen (secondary N) is 1. The molecule has 4 nitrogen and oxygen atoms in total. The van der Waals surface area contributed by atoms with E-state index in [1.165, 1.54) is 16.0 Å². The number of rotatable bonds is 5. The summed E-state index contributed by atoms with van der Waals surface area (Å²) in [7, 11) is 0. The Labute approximate surface area is 116 Å². The highest BCUT2D eigenvalue weighted by Gasteiger charge is 2.08. The smallest absolute Gasteiger partial charge is 0.337 e. The van der Waals surface area contributed by atoms with Gasteiger partial charge in [-0.15, -0.1) is 11.3 Å². The molecule has 2 rings (SSSR count). The maximum Gasteiger partial charge on any atom is 0.337 e. The van der Waals surface area contributed by atoms with Crippen LogP contribution in [-0.2, 0) is 6.54 Å². The van der Waals surface area contributed by atoms with Gasteiger partial charge in [0.25, 0.3) is 0 Å².